The van der Waals surface area contributed by atoms with E-state index in [-0.39, 0.29) is 38.8 Å². The van der Waals surface area contributed by atoms with E-state index in [0.717, 1.165) is 10.4 Å². The first-order valence-electron chi connectivity index (χ1n) is 10.3. The zero-order chi connectivity index (χ0) is 25.3. The Kier molecular flexibility index (Phi) is 7.11. The van der Waals surface area contributed by atoms with Crippen LogP contribution in [-0.2, 0) is 18.3 Å². The number of thiophene rings is 1. The molecule has 0 atom stereocenters. The summed E-state index contributed by atoms with van der Waals surface area (Å²) in [6.45, 7) is 3.47. The molecule has 0 bridgehead atoms. The van der Waals surface area contributed by atoms with E-state index in [1.54, 1.807) is 24.0 Å². The van der Waals surface area contributed by atoms with Crippen molar-refractivity contribution in [1.29, 1.82) is 0 Å². The third kappa shape index (κ3) is 4.88. The number of halogens is 2. The number of benzene rings is 1. The van der Waals surface area contributed by atoms with Crippen LogP contribution in [0, 0.1) is 0 Å². The quantitative estimate of drug-likeness (QED) is 0.245. The van der Waals surface area contributed by atoms with E-state index < -0.39 is 0 Å². The average Bonchev–Trinajstić information content (AvgIpc) is 3.41. The number of carbonyl (C=O) groups excluding carboxylic acids is 2. The van der Waals surface area contributed by atoms with Crippen molar-refractivity contribution in [3.8, 4) is 11.5 Å². The van der Waals surface area contributed by atoms with Gasteiger partial charge in [0.2, 0.25) is 11.7 Å². The molecule has 0 aliphatic rings. The predicted molar refractivity (Wildman–Crippen MR) is 137 cm³/mol. The standard InChI is InChI=1S/C24H20Cl2N4O4S/c1-5-20(31)28-15-11-30(2)29-13(15)8-12-6-7-18-14(27-12)9-19(35-18)24(32)21-22(25)16(33-3)10-17(34-4)23(21)26/h5-7,9-11H,1,8H2,2-4H3,(H,28,31). The molecular formula is C24H20Cl2N4O4S. The highest BCUT2D eigenvalue weighted by Gasteiger charge is 2.25. The number of methoxy groups -OCH3 is 2. The van der Waals surface area contributed by atoms with Gasteiger partial charge in [-0.05, 0) is 24.3 Å². The molecule has 35 heavy (non-hydrogen) atoms. The molecule has 0 fully saturated rings. The minimum absolute atomic E-state index is 0.104. The predicted octanol–water partition coefficient (Wildman–Crippen LogP) is 5.30. The van der Waals surface area contributed by atoms with Crippen molar-refractivity contribution in [2.24, 2.45) is 7.05 Å². The van der Waals surface area contributed by atoms with Gasteiger partial charge in [-0.15, -0.1) is 11.3 Å². The maximum absolute atomic E-state index is 13.4. The van der Waals surface area contributed by atoms with Crippen LogP contribution in [0.15, 0.2) is 43.1 Å². The molecule has 3 heterocycles. The number of aryl methyl sites for hydroxylation is 1. The van der Waals surface area contributed by atoms with Crippen molar-refractivity contribution >= 4 is 62.1 Å². The second-order valence-electron chi connectivity index (χ2n) is 7.44. The van der Waals surface area contributed by atoms with Crippen LogP contribution in [-0.4, -0.2) is 40.7 Å². The summed E-state index contributed by atoms with van der Waals surface area (Å²) in [5.74, 6) is -0.115. The number of amides is 1. The zero-order valence-electron chi connectivity index (χ0n) is 19.0. The minimum Gasteiger partial charge on any atom is -0.495 e. The summed E-state index contributed by atoms with van der Waals surface area (Å²) in [5, 5.41) is 7.39. The summed E-state index contributed by atoms with van der Waals surface area (Å²) in [6, 6.07) is 6.97. The first-order valence-corrected chi connectivity index (χ1v) is 11.8. The number of anilines is 1. The number of ketones is 1. The van der Waals surface area contributed by atoms with E-state index in [9.17, 15) is 9.59 Å². The normalized spacial score (nSPS) is 10.9. The maximum atomic E-state index is 13.4. The second-order valence-corrected chi connectivity index (χ2v) is 9.28. The topological polar surface area (TPSA) is 95.3 Å². The number of hydrogen-bond acceptors (Lipinski definition) is 7. The Bertz CT molecular complexity index is 1450. The van der Waals surface area contributed by atoms with Crippen LogP contribution in [0.3, 0.4) is 0 Å². The van der Waals surface area contributed by atoms with Crippen molar-refractivity contribution in [2.75, 3.05) is 19.5 Å². The first-order chi connectivity index (χ1) is 16.7. The minimum atomic E-state index is -0.360. The highest BCUT2D eigenvalue weighted by Crippen LogP contribution is 2.42. The van der Waals surface area contributed by atoms with Crippen molar-refractivity contribution in [3.05, 3.63) is 75.0 Å². The lowest BCUT2D eigenvalue weighted by Gasteiger charge is -2.13. The zero-order valence-corrected chi connectivity index (χ0v) is 21.3. The van der Waals surface area contributed by atoms with E-state index >= 15 is 0 Å². The van der Waals surface area contributed by atoms with Gasteiger partial charge in [0.15, 0.2) is 0 Å². The molecule has 8 nitrogen and oxygen atoms in total. The monoisotopic (exact) mass is 530 g/mol. The van der Waals surface area contributed by atoms with E-state index in [1.807, 2.05) is 12.1 Å². The maximum Gasteiger partial charge on any atom is 0.247 e. The Morgan fingerprint density at radius 3 is 2.49 bits per heavy atom. The van der Waals surface area contributed by atoms with Crippen LogP contribution in [0.5, 0.6) is 11.5 Å². The van der Waals surface area contributed by atoms with Crippen LogP contribution in [0.4, 0.5) is 5.69 Å². The molecule has 0 radical (unpaired) electrons. The van der Waals surface area contributed by atoms with Crippen molar-refractivity contribution in [3.63, 3.8) is 0 Å². The van der Waals surface area contributed by atoms with Crippen LogP contribution in [0.25, 0.3) is 10.2 Å². The highest BCUT2D eigenvalue weighted by atomic mass is 35.5. The Labute approximate surface area is 215 Å². The van der Waals surface area contributed by atoms with Gasteiger partial charge in [0.05, 0.1) is 56.3 Å². The lowest BCUT2D eigenvalue weighted by Crippen LogP contribution is -2.08. The molecule has 180 valence electrons. The molecule has 0 saturated carbocycles. The molecule has 4 rings (SSSR count). The molecule has 0 aliphatic heterocycles. The van der Waals surface area contributed by atoms with Gasteiger partial charge in [0, 0.05) is 31.4 Å². The number of ether oxygens (including phenoxy) is 2. The number of nitrogens with zero attached hydrogens (tertiary/aromatic N) is 3. The summed E-state index contributed by atoms with van der Waals surface area (Å²) >= 11 is 14.1. The summed E-state index contributed by atoms with van der Waals surface area (Å²) in [4.78, 5) is 30.2. The smallest absolute Gasteiger partial charge is 0.247 e. The second kappa shape index (κ2) is 10.1. The van der Waals surface area contributed by atoms with E-state index in [0.29, 0.717) is 28.2 Å². The summed E-state index contributed by atoms with van der Waals surface area (Å²) < 4.78 is 13.0. The number of pyridine rings is 1. The lowest BCUT2D eigenvalue weighted by molar-refractivity contribution is -0.111. The number of nitrogens with one attached hydrogen (secondary N) is 1. The van der Waals surface area contributed by atoms with Gasteiger partial charge in [-0.25, -0.2) is 0 Å². The Morgan fingerprint density at radius 1 is 1.17 bits per heavy atom. The van der Waals surface area contributed by atoms with Crippen LogP contribution < -0.4 is 14.8 Å². The number of hydrogen-bond donors (Lipinski definition) is 1. The molecule has 1 amide bonds. The number of rotatable bonds is 8. The molecular weight excluding hydrogens is 511 g/mol. The van der Waals surface area contributed by atoms with Crippen LogP contribution >= 0.6 is 34.5 Å². The number of aromatic nitrogens is 3. The largest absolute Gasteiger partial charge is 0.495 e. The first kappa shape index (κ1) is 24.7. The van der Waals surface area contributed by atoms with Gasteiger partial charge >= 0.3 is 0 Å². The van der Waals surface area contributed by atoms with Gasteiger partial charge in [0.1, 0.15) is 11.5 Å². The van der Waals surface area contributed by atoms with Crippen molar-refractivity contribution < 1.29 is 19.1 Å². The molecule has 4 aromatic rings. The van der Waals surface area contributed by atoms with Crippen LogP contribution in [0.1, 0.15) is 26.6 Å². The SMILES string of the molecule is C=CC(=O)Nc1cn(C)nc1Cc1ccc2sc(C(=O)c3c(Cl)c(OC)cc(OC)c3Cl)cc2n1. The Hall–Kier alpha value is -3.40. The van der Waals surface area contributed by atoms with Gasteiger partial charge in [-0.3, -0.25) is 19.3 Å². The average molecular weight is 531 g/mol. The highest BCUT2D eigenvalue weighted by molar-refractivity contribution is 7.21. The molecule has 0 saturated heterocycles. The van der Waals surface area contributed by atoms with Gasteiger partial charge < -0.3 is 14.8 Å². The van der Waals surface area contributed by atoms with Gasteiger partial charge in [0.25, 0.3) is 0 Å². The van der Waals surface area contributed by atoms with E-state index in [4.69, 9.17) is 32.7 Å². The van der Waals surface area contributed by atoms with E-state index in [2.05, 4.69) is 22.0 Å². The van der Waals surface area contributed by atoms with Crippen molar-refractivity contribution in [1.82, 2.24) is 14.8 Å². The third-order valence-electron chi connectivity index (χ3n) is 5.15. The number of fused-ring (bicyclic) bond motifs is 1. The Balaban J connectivity index is 1.68. The third-order valence-corrected chi connectivity index (χ3v) is 6.99. The van der Waals surface area contributed by atoms with Gasteiger partial charge in [-0.1, -0.05) is 29.8 Å². The van der Waals surface area contributed by atoms with E-state index in [1.165, 1.54) is 37.7 Å². The summed E-state index contributed by atoms with van der Waals surface area (Å²) in [5.41, 5.74) is 2.71. The Morgan fingerprint density at radius 2 is 1.86 bits per heavy atom. The molecule has 0 unspecified atom stereocenters. The molecule has 1 N–H and O–H groups in total. The molecule has 0 aliphatic carbocycles. The lowest BCUT2D eigenvalue weighted by atomic mass is 10.1. The number of carbonyl (C=O) groups is 2. The summed E-state index contributed by atoms with van der Waals surface area (Å²) in [7, 11) is 4.66. The molecule has 3 aromatic heterocycles. The van der Waals surface area contributed by atoms with Crippen LogP contribution in [0.2, 0.25) is 10.0 Å². The van der Waals surface area contributed by atoms with Gasteiger partial charge in [-0.2, -0.15) is 5.10 Å². The van der Waals surface area contributed by atoms with Crippen molar-refractivity contribution in [2.45, 2.75) is 6.42 Å². The summed E-state index contributed by atoms with van der Waals surface area (Å²) in [6.07, 6.45) is 3.29. The fourth-order valence-electron chi connectivity index (χ4n) is 3.51. The molecule has 11 heteroatoms. The fraction of sp³-hybridized carbons (Fsp3) is 0.167. The fourth-order valence-corrected chi connectivity index (χ4v) is 5.13. The molecule has 1 aromatic carbocycles. The molecule has 0 spiro atoms.